The van der Waals surface area contributed by atoms with Crippen molar-refractivity contribution < 1.29 is 0 Å². The lowest BCUT2D eigenvalue weighted by atomic mass is 10.1. The zero-order valence-corrected chi connectivity index (χ0v) is 11.0. The summed E-state index contributed by atoms with van der Waals surface area (Å²) in [6.45, 7) is 3.29. The SMILES string of the molecule is CCCC1CC1NCc1ccc2ccccc2c1. The van der Waals surface area contributed by atoms with E-state index in [-0.39, 0.29) is 0 Å². The highest BCUT2D eigenvalue weighted by Crippen LogP contribution is 2.34. The van der Waals surface area contributed by atoms with Crippen LogP contribution in [-0.4, -0.2) is 6.04 Å². The van der Waals surface area contributed by atoms with Gasteiger partial charge >= 0.3 is 0 Å². The van der Waals surface area contributed by atoms with Crippen LogP contribution >= 0.6 is 0 Å². The molecule has 1 aliphatic carbocycles. The van der Waals surface area contributed by atoms with Gasteiger partial charge in [-0.3, -0.25) is 0 Å². The molecule has 1 nitrogen and oxygen atoms in total. The minimum absolute atomic E-state index is 0.774. The Morgan fingerprint density at radius 1 is 1.11 bits per heavy atom. The number of rotatable bonds is 5. The van der Waals surface area contributed by atoms with Crippen molar-refractivity contribution in [2.45, 2.75) is 38.8 Å². The number of nitrogens with one attached hydrogen (secondary N) is 1. The maximum Gasteiger partial charge on any atom is 0.0208 e. The van der Waals surface area contributed by atoms with Gasteiger partial charge in [-0.15, -0.1) is 0 Å². The lowest BCUT2D eigenvalue weighted by Crippen LogP contribution is -2.17. The average molecular weight is 239 g/mol. The van der Waals surface area contributed by atoms with Crippen LogP contribution < -0.4 is 5.32 Å². The molecule has 0 saturated heterocycles. The smallest absolute Gasteiger partial charge is 0.0208 e. The Bertz CT molecular complexity index is 532. The van der Waals surface area contributed by atoms with E-state index >= 15 is 0 Å². The normalized spacial score (nSPS) is 22.3. The summed E-state index contributed by atoms with van der Waals surface area (Å²) in [5, 5.41) is 6.35. The second-order valence-electron chi connectivity index (χ2n) is 5.45. The molecule has 18 heavy (non-hydrogen) atoms. The van der Waals surface area contributed by atoms with Gasteiger partial charge in [0.15, 0.2) is 0 Å². The van der Waals surface area contributed by atoms with Crippen LogP contribution in [0.1, 0.15) is 31.7 Å². The molecule has 0 bridgehead atoms. The topological polar surface area (TPSA) is 12.0 Å². The molecule has 0 radical (unpaired) electrons. The molecule has 0 heterocycles. The third-order valence-electron chi connectivity index (χ3n) is 3.96. The van der Waals surface area contributed by atoms with Crippen LogP contribution in [0.5, 0.6) is 0 Å². The maximum absolute atomic E-state index is 3.67. The van der Waals surface area contributed by atoms with Crippen LogP contribution in [0.15, 0.2) is 42.5 Å². The fourth-order valence-corrected chi connectivity index (χ4v) is 2.79. The van der Waals surface area contributed by atoms with Crippen molar-refractivity contribution in [3.63, 3.8) is 0 Å². The average Bonchev–Trinajstić information content (AvgIpc) is 3.15. The van der Waals surface area contributed by atoms with Crippen molar-refractivity contribution in [1.82, 2.24) is 5.32 Å². The third-order valence-corrected chi connectivity index (χ3v) is 3.96. The maximum atomic E-state index is 3.67. The molecule has 0 amide bonds. The van der Waals surface area contributed by atoms with Gasteiger partial charge in [-0.2, -0.15) is 0 Å². The van der Waals surface area contributed by atoms with Gasteiger partial charge in [-0.05, 0) is 41.2 Å². The minimum atomic E-state index is 0.774. The molecule has 2 aromatic rings. The molecular weight excluding hydrogens is 218 g/mol. The van der Waals surface area contributed by atoms with E-state index in [0.717, 1.165) is 18.5 Å². The summed E-state index contributed by atoms with van der Waals surface area (Å²) in [7, 11) is 0. The van der Waals surface area contributed by atoms with Crippen LogP contribution in [0.2, 0.25) is 0 Å². The molecule has 2 aromatic carbocycles. The first kappa shape index (κ1) is 11.7. The summed E-state index contributed by atoms with van der Waals surface area (Å²) in [5.41, 5.74) is 1.40. The number of fused-ring (bicyclic) bond motifs is 1. The standard InChI is InChI=1S/C17H21N/c1-2-5-16-11-17(16)18-12-13-8-9-14-6-3-4-7-15(14)10-13/h3-4,6-10,16-18H,2,5,11-12H2,1H3. The van der Waals surface area contributed by atoms with E-state index in [1.807, 2.05) is 0 Å². The van der Waals surface area contributed by atoms with Crippen molar-refractivity contribution in [2.75, 3.05) is 0 Å². The Balaban J connectivity index is 1.61. The summed E-state index contributed by atoms with van der Waals surface area (Å²) >= 11 is 0. The molecule has 94 valence electrons. The van der Waals surface area contributed by atoms with Crippen molar-refractivity contribution in [3.05, 3.63) is 48.0 Å². The van der Waals surface area contributed by atoms with E-state index in [1.54, 1.807) is 0 Å². The monoisotopic (exact) mass is 239 g/mol. The summed E-state index contributed by atoms with van der Waals surface area (Å²) in [5.74, 6) is 0.940. The lowest BCUT2D eigenvalue weighted by molar-refractivity contribution is 0.599. The van der Waals surface area contributed by atoms with E-state index in [4.69, 9.17) is 0 Å². The van der Waals surface area contributed by atoms with E-state index in [9.17, 15) is 0 Å². The predicted octanol–water partition coefficient (Wildman–Crippen LogP) is 4.12. The predicted molar refractivity (Wildman–Crippen MR) is 77.6 cm³/mol. The largest absolute Gasteiger partial charge is 0.310 e. The number of hydrogen-bond donors (Lipinski definition) is 1. The Morgan fingerprint density at radius 3 is 2.78 bits per heavy atom. The van der Waals surface area contributed by atoms with Gasteiger partial charge < -0.3 is 5.32 Å². The Hall–Kier alpha value is -1.34. The molecule has 1 heteroatoms. The van der Waals surface area contributed by atoms with Crippen LogP contribution in [0, 0.1) is 5.92 Å². The molecule has 0 aromatic heterocycles. The van der Waals surface area contributed by atoms with Gasteiger partial charge in [-0.25, -0.2) is 0 Å². The first-order valence-corrected chi connectivity index (χ1v) is 7.08. The first-order valence-electron chi connectivity index (χ1n) is 7.08. The van der Waals surface area contributed by atoms with Crippen LogP contribution in [0.3, 0.4) is 0 Å². The summed E-state index contributed by atoms with van der Waals surface area (Å²) in [4.78, 5) is 0. The fraction of sp³-hybridized carbons (Fsp3) is 0.412. The quantitative estimate of drug-likeness (QED) is 0.827. The second kappa shape index (κ2) is 5.11. The summed E-state index contributed by atoms with van der Waals surface area (Å²) in [6, 6.07) is 16.1. The molecule has 2 atom stereocenters. The molecule has 1 aliphatic rings. The third kappa shape index (κ3) is 2.56. The summed E-state index contributed by atoms with van der Waals surface area (Å²) in [6.07, 6.45) is 4.08. The molecule has 1 N–H and O–H groups in total. The first-order chi connectivity index (χ1) is 8.86. The fourth-order valence-electron chi connectivity index (χ4n) is 2.79. The van der Waals surface area contributed by atoms with Crippen molar-refractivity contribution in [2.24, 2.45) is 5.92 Å². The Labute approximate surface area is 109 Å². The van der Waals surface area contributed by atoms with Gasteiger partial charge in [-0.1, -0.05) is 49.7 Å². The zero-order chi connectivity index (χ0) is 12.4. The Kier molecular flexibility index (Phi) is 3.33. The van der Waals surface area contributed by atoms with E-state index in [1.165, 1.54) is 35.6 Å². The van der Waals surface area contributed by atoms with Crippen LogP contribution in [0.4, 0.5) is 0 Å². The highest BCUT2D eigenvalue weighted by molar-refractivity contribution is 5.82. The van der Waals surface area contributed by atoms with Gasteiger partial charge in [0.25, 0.3) is 0 Å². The van der Waals surface area contributed by atoms with Crippen molar-refractivity contribution >= 4 is 10.8 Å². The summed E-state index contributed by atoms with van der Waals surface area (Å²) < 4.78 is 0. The highest BCUT2D eigenvalue weighted by atomic mass is 15.0. The van der Waals surface area contributed by atoms with E-state index < -0.39 is 0 Å². The van der Waals surface area contributed by atoms with Crippen molar-refractivity contribution in [1.29, 1.82) is 0 Å². The van der Waals surface area contributed by atoms with Gasteiger partial charge in [0.2, 0.25) is 0 Å². The molecule has 1 saturated carbocycles. The molecule has 0 aliphatic heterocycles. The molecule has 2 unspecified atom stereocenters. The molecule has 0 spiro atoms. The van der Waals surface area contributed by atoms with Gasteiger partial charge in [0, 0.05) is 12.6 Å². The van der Waals surface area contributed by atoms with Crippen molar-refractivity contribution in [3.8, 4) is 0 Å². The minimum Gasteiger partial charge on any atom is -0.310 e. The molecule has 3 rings (SSSR count). The second-order valence-corrected chi connectivity index (χ2v) is 5.45. The molecule has 1 fully saturated rings. The Morgan fingerprint density at radius 2 is 1.94 bits per heavy atom. The van der Waals surface area contributed by atoms with Gasteiger partial charge in [0.1, 0.15) is 0 Å². The van der Waals surface area contributed by atoms with E-state index in [2.05, 4.69) is 54.7 Å². The molecular formula is C17H21N. The lowest BCUT2D eigenvalue weighted by Gasteiger charge is -2.06. The zero-order valence-electron chi connectivity index (χ0n) is 11.0. The number of benzene rings is 2. The van der Waals surface area contributed by atoms with Crippen LogP contribution in [0.25, 0.3) is 10.8 Å². The number of hydrogen-bond acceptors (Lipinski definition) is 1. The van der Waals surface area contributed by atoms with Crippen LogP contribution in [-0.2, 0) is 6.54 Å². The highest BCUT2D eigenvalue weighted by Gasteiger charge is 2.35. The van der Waals surface area contributed by atoms with Gasteiger partial charge in [0.05, 0.1) is 0 Å². The van der Waals surface area contributed by atoms with E-state index in [0.29, 0.717) is 0 Å².